The monoisotopic (exact) mass is 514 g/mol. The molecule has 34 heavy (non-hydrogen) atoms. The highest BCUT2D eigenvalue weighted by molar-refractivity contribution is 7.89. The molecule has 0 saturated carbocycles. The second-order valence-corrected chi connectivity index (χ2v) is 11.3. The second-order valence-electron chi connectivity index (χ2n) is 7.83. The molecule has 0 spiro atoms. The predicted molar refractivity (Wildman–Crippen MR) is 122 cm³/mol. The Morgan fingerprint density at radius 2 is 1.82 bits per heavy atom. The largest absolute Gasteiger partial charge is 0.496 e. The number of carboxylic acid groups (broad SMARTS) is 1. The van der Waals surface area contributed by atoms with Crippen LogP contribution in [0, 0.1) is 13.8 Å². The van der Waals surface area contributed by atoms with Gasteiger partial charge in [-0.25, -0.2) is 21.6 Å². The molecular weight excluding hydrogens is 488 g/mol. The van der Waals surface area contributed by atoms with Gasteiger partial charge in [-0.15, -0.1) is 0 Å². The second kappa shape index (κ2) is 9.78. The number of aliphatic carboxylic acids is 1. The van der Waals surface area contributed by atoms with Gasteiger partial charge in [-0.05, 0) is 48.7 Å². The average molecular weight is 515 g/mol. The molecule has 0 aliphatic carbocycles. The summed E-state index contributed by atoms with van der Waals surface area (Å²) in [4.78, 5) is 11.5. The van der Waals surface area contributed by atoms with Gasteiger partial charge in [-0.2, -0.15) is 4.72 Å². The van der Waals surface area contributed by atoms with E-state index in [9.17, 15) is 26.7 Å². The Labute approximate surface area is 198 Å². The van der Waals surface area contributed by atoms with E-state index in [2.05, 4.69) is 4.72 Å². The van der Waals surface area contributed by atoms with Crippen LogP contribution in [0.5, 0.6) is 17.2 Å². The Hall–Kier alpha value is -2.87. The number of sulfonamides is 2. The highest BCUT2D eigenvalue weighted by Gasteiger charge is 2.30. The number of hydrogen-bond donors (Lipinski definition) is 3. The third-order valence-electron chi connectivity index (χ3n) is 5.25. The number of ether oxygens (including phenoxy) is 3. The number of aryl methyl sites for hydroxylation is 1. The molecule has 0 saturated heterocycles. The minimum atomic E-state index is -4.35. The Balaban J connectivity index is 1.99. The van der Waals surface area contributed by atoms with Crippen molar-refractivity contribution in [3.8, 4) is 17.2 Å². The van der Waals surface area contributed by atoms with Gasteiger partial charge >= 0.3 is 5.97 Å². The molecule has 1 aliphatic rings. The molecule has 1 aliphatic heterocycles. The molecule has 3 rings (SSSR count). The molecule has 0 unspecified atom stereocenters. The molecule has 2 aromatic carbocycles. The zero-order valence-electron chi connectivity index (χ0n) is 19.0. The number of hydrogen-bond acceptors (Lipinski definition) is 8. The number of carbonyl (C=O) groups is 1. The first-order valence-corrected chi connectivity index (χ1v) is 13.4. The van der Waals surface area contributed by atoms with Crippen LogP contribution in [0.2, 0.25) is 0 Å². The van der Waals surface area contributed by atoms with Crippen LogP contribution >= 0.6 is 0 Å². The quantitative estimate of drug-likeness (QED) is 0.419. The zero-order chi connectivity index (χ0) is 25.3. The van der Waals surface area contributed by atoms with Crippen LogP contribution < -0.4 is 23.7 Å². The fourth-order valence-electron chi connectivity index (χ4n) is 3.70. The molecule has 0 radical (unpaired) electrons. The van der Waals surface area contributed by atoms with E-state index in [0.717, 1.165) is 11.8 Å². The first-order chi connectivity index (χ1) is 15.8. The summed E-state index contributed by atoms with van der Waals surface area (Å²) in [7, 11) is -6.60. The van der Waals surface area contributed by atoms with E-state index in [4.69, 9.17) is 14.2 Å². The Morgan fingerprint density at radius 1 is 1.15 bits per heavy atom. The molecule has 2 aromatic rings. The van der Waals surface area contributed by atoms with Gasteiger partial charge in [0, 0.05) is 18.5 Å². The lowest BCUT2D eigenvalue weighted by Gasteiger charge is -2.21. The normalized spacial score (nSPS) is 14.1. The van der Waals surface area contributed by atoms with E-state index in [1.165, 1.54) is 7.11 Å². The lowest BCUT2D eigenvalue weighted by atomic mass is 9.97. The van der Waals surface area contributed by atoms with Gasteiger partial charge in [0.15, 0.2) is 11.5 Å². The summed E-state index contributed by atoms with van der Waals surface area (Å²) in [6, 6.07) is 5.24. The van der Waals surface area contributed by atoms with Crippen molar-refractivity contribution in [3.05, 3.63) is 46.5 Å². The third-order valence-corrected chi connectivity index (χ3v) is 7.70. The number of rotatable bonds is 10. The summed E-state index contributed by atoms with van der Waals surface area (Å²) in [5.74, 6) is 0.147. The maximum atomic E-state index is 13.2. The minimum absolute atomic E-state index is 0.102. The summed E-state index contributed by atoms with van der Waals surface area (Å²) in [6.07, 6.45) is 1.16. The Morgan fingerprint density at radius 3 is 2.44 bits per heavy atom. The highest BCUT2D eigenvalue weighted by atomic mass is 32.2. The van der Waals surface area contributed by atoms with E-state index in [-0.39, 0.29) is 11.7 Å². The van der Waals surface area contributed by atoms with Crippen molar-refractivity contribution in [2.45, 2.75) is 31.2 Å². The molecule has 13 heteroatoms. The van der Waals surface area contributed by atoms with Crippen LogP contribution in [0.4, 0.5) is 0 Å². The van der Waals surface area contributed by atoms with Crippen LogP contribution in [0.25, 0.3) is 0 Å². The van der Waals surface area contributed by atoms with Crippen LogP contribution in [0.3, 0.4) is 0 Å². The van der Waals surface area contributed by atoms with Crippen molar-refractivity contribution < 1.29 is 40.9 Å². The number of fused-ring (bicyclic) bond motifs is 1. The van der Waals surface area contributed by atoms with Crippen LogP contribution in [-0.4, -0.2) is 60.7 Å². The van der Waals surface area contributed by atoms with Gasteiger partial charge in [-0.3, -0.25) is 4.79 Å². The van der Waals surface area contributed by atoms with Gasteiger partial charge in [-0.1, -0.05) is 6.07 Å². The summed E-state index contributed by atoms with van der Waals surface area (Å²) >= 11 is 0. The first kappa shape index (κ1) is 25.7. The van der Waals surface area contributed by atoms with Gasteiger partial charge in [0.25, 0.3) is 0 Å². The average Bonchev–Trinajstić information content (AvgIpc) is 3.19. The summed E-state index contributed by atoms with van der Waals surface area (Å²) < 4.78 is 69.5. The molecule has 0 fully saturated rings. The SMILES string of the molecule is COc1cc(C)c(S(=O)(=O)N[C@H](CNS(C)(=O)=O)C(=O)O)c(C)c1Cc1ccc2c(c1)OCO2. The fourth-order valence-corrected chi connectivity index (χ4v) is 5.85. The standard InChI is InChI=1S/C21H26N2O9S2/c1-12-7-18(30-3)15(8-14-5-6-17-19(9-14)32-11-31-17)13(2)20(12)34(28,29)23-16(21(24)25)10-22-33(4,26)27/h5-7,9,16,22-23H,8,10-11H2,1-4H3,(H,24,25)/t16-/m1/s1. The molecule has 3 N–H and O–H groups in total. The predicted octanol–water partition coefficient (Wildman–Crippen LogP) is 0.912. The van der Waals surface area contributed by atoms with E-state index < -0.39 is 38.6 Å². The van der Waals surface area contributed by atoms with E-state index in [1.54, 1.807) is 32.0 Å². The number of methoxy groups -OCH3 is 1. The van der Waals surface area contributed by atoms with Crippen molar-refractivity contribution in [1.29, 1.82) is 0 Å². The van der Waals surface area contributed by atoms with E-state index in [1.807, 2.05) is 10.8 Å². The Kier molecular flexibility index (Phi) is 7.41. The van der Waals surface area contributed by atoms with Crippen LogP contribution in [0.1, 0.15) is 22.3 Å². The smallest absolute Gasteiger partial charge is 0.323 e. The number of carboxylic acids is 1. The maximum Gasteiger partial charge on any atom is 0.323 e. The van der Waals surface area contributed by atoms with Crippen LogP contribution in [0.15, 0.2) is 29.2 Å². The molecule has 0 bridgehead atoms. The molecule has 186 valence electrons. The maximum absolute atomic E-state index is 13.2. The third kappa shape index (κ3) is 5.78. The Bertz CT molecular complexity index is 1320. The van der Waals surface area contributed by atoms with Crippen molar-refractivity contribution in [2.75, 3.05) is 26.7 Å². The topological polar surface area (TPSA) is 157 Å². The minimum Gasteiger partial charge on any atom is -0.496 e. The fraction of sp³-hybridized carbons (Fsp3) is 0.381. The molecular formula is C21H26N2O9S2. The van der Waals surface area contributed by atoms with Crippen LogP contribution in [-0.2, 0) is 31.3 Å². The zero-order valence-corrected chi connectivity index (χ0v) is 20.7. The van der Waals surface area contributed by atoms with Gasteiger partial charge < -0.3 is 19.3 Å². The van der Waals surface area contributed by atoms with E-state index >= 15 is 0 Å². The van der Waals surface area contributed by atoms with Gasteiger partial charge in [0.05, 0.1) is 18.3 Å². The molecule has 1 atom stereocenters. The van der Waals surface area contributed by atoms with E-state index in [0.29, 0.717) is 40.4 Å². The molecule has 0 aromatic heterocycles. The lowest BCUT2D eigenvalue weighted by Crippen LogP contribution is -2.48. The number of benzene rings is 2. The highest BCUT2D eigenvalue weighted by Crippen LogP contribution is 2.36. The van der Waals surface area contributed by atoms with Crippen molar-refractivity contribution in [3.63, 3.8) is 0 Å². The van der Waals surface area contributed by atoms with Crippen molar-refractivity contribution in [2.24, 2.45) is 0 Å². The molecule has 1 heterocycles. The summed E-state index contributed by atoms with van der Waals surface area (Å²) in [5.41, 5.74) is 2.14. The van der Waals surface area contributed by atoms with Crippen molar-refractivity contribution in [1.82, 2.24) is 9.44 Å². The lowest BCUT2D eigenvalue weighted by molar-refractivity contribution is -0.138. The molecule has 11 nitrogen and oxygen atoms in total. The summed E-state index contributed by atoms with van der Waals surface area (Å²) in [5, 5.41) is 9.42. The number of nitrogens with one attached hydrogen (secondary N) is 2. The first-order valence-electron chi connectivity index (χ1n) is 10.1. The van der Waals surface area contributed by atoms with Gasteiger partial charge in [0.2, 0.25) is 26.8 Å². The molecule has 0 amide bonds. The van der Waals surface area contributed by atoms with Gasteiger partial charge in [0.1, 0.15) is 11.8 Å². The van der Waals surface area contributed by atoms with Crippen molar-refractivity contribution >= 4 is 26.0 Å². The summed E-state index contributed by atoms with van der Waals surface area (Å²) in [6.45, 7) is 2.65.